The molecule has 5 heteroatoms. The molecule has 5 nitrogen and oxygen atoms in total. The number of ether oxygens (including phenoxy) is 2. The minimum atomic E-state index is -0.353. The summed E-state index contributed by atoms with van der Waals surface area (Å²) < 4.78 is 10.3. The number of carbonyl (C=O) groups is 1. The molecular weight excluding hydrogens is 208 g/mol. The number of nitrogens with two attached hydrogens (primary N) is 1. The molecule has 1 heterocycles. The van der Waals surface area contributed by atoms with Crippen LogP contribution in [0.2, 0.25) is 0 Å². The highest BCUT2D eigenvalue weighted by Gasteiger charge is 2.18. The number of morpholine rings is 1. The monoisotopic (exact) mass is 222 g/mol. The van der Waals surface area contributed by atoms with E-state index < -0.39 is 0 Å². The summed E-state index contributed by atoms with van der Waals surface area (Å²) >= 11 is 0. The molecule has 1 aliphatic rings. The number of anilines is 1. The van der Waals surface area contributed by atoms with Crippen molar-refractivity contribution in [3.8, 4) is 5.75 Å². The maximum absolute atomic E-state index is 11.7. The van der Waals surface area contributed by atoms with Crippen molar-refractivity contribution in [1.82, 2.24) is 4.90 Å². The Kier molecular flexibility index (Phi) is 3.26. The van der Waals surface area contributed by atoms with Crippen molar-refractivity contribution in [1.29, 1.82) is 0 Å². The summed E-state index contributed by atoms with van der Waals surface area (Å²) in [5.74, 6) is 0.469. The van der Waals surface area contributed by atoms with E-state index in [0.29, 0.717) is 37.7 Å². The molecule has 1 aliphatic heterocycles. The van der Waals surface area contributed by atoms with Gasteiger partial charge in [0.25, 0.3) is 0 Å². The SMILES string of the molecule is Nc1cccc(OC(=O)N2CCOCC2)c1. The minimum absolute atomic E-state index is 0.353. The van der Waals surface area contributed by atoms with Crippen molar-refractivity contribution in [2.45, 2.75) is 0 Å². The van der Waals surface area contributed by atoms with Gasteiger partial charge in [0.15, 0.2) is 0 Å². The van der Waals surface area contributed by atoms with E-state index in [-0.39, 0.29) is 6.09 Å². The quantitative estimate of drug-likeness (QED) is 0.723. The van der Waals surface area contributed by atoms with E-state index in [9.17, 15) is 4.79 Å². The second kappa shape index (κ2) is 4.85. The zero-order valence-electron chi connectivity index (χ0n) is 8.89. The Balaban J connectivity index is 1.96. The molecule has 1 aromatic rings. The summed E-state index contributed by atoms with van der Waals surface area (Å²) in [6.07, 6.45) is -0.353. The highest BCUT2D eigenvalue weighted by atomic mass is 16.6. The minimum Gasteiger partial charge on any atom is -0.410 e. The molecule has 86 valence electrons. The van der Waals surface area contributed by atoms with Crippen molar-refractivity contribution in [2.24, 2.45) is 0 Å². The van der Waals surface area contributed by atoms with E-state index >= 15 is 0 Å². The van der Waals surface area contributed by atoms with E-state index in [0.717, 1.165) is 0 Å². The van der Waals surface area contributed by atoms with Gasteiger partial charge in [-0.2, -0.15) is 0 Å². The molecule has 0 aromatic heterocycles. The number of amides is 1. The van der Waals surface area contributed by atoms with Gasteiger partial charge in [-0.25, -0.2) is 4.79 Å². The molecule has 0 unspecified atom stereocenters. The predicted molar refractivity (Wildman–Crippen MR) is 59.3 cm³/mol. The lowest BCUT2D eigenvalue weighted by Crippen LogP contribution is -2.42. The van der Waals surface area contributed by atoms with Crippen molar-refractivity contribution in [3.63, 3.8) is 0 Å². The van der Waals surface area contributed by atoms with Crippen LogP contribution in [0.3, 0.4) is 0 Å². The molecule has 0 spiro atoms. The van der Waals surface area contributed by atoms with Crippen LogP contribution in [-0.2, 0) is 4.74 Å². The number of carbonyl (C=O) groups excluding carboxylic acids is 1. The highest BCUT2D eigenvalue weighted by Crippen LogP contribution is 2.15. The van der Waals surface area contributed by atoms with E-state index in [4.69, 9.17) is 15.2 Å². The molecule has 0 atom stereocenters. The molecule has 1 fully saturated rings. The lowest BCUT2D eigenvalue weighted by atomic mass is 10.3. The number of nitrogen functional groups attached to an aromatic ring is 1. The summed E-state index contributed by atoms with van der Waals surface area (Å²) in [5, 5.41) is 0. The third-order valence-electron chi connectivity index (χ3n) is 2.33. The summed E-state index contributed by atoms with van der Waals surface area (Å²) in [5.41, 5.74) is 6.16. The van der Waals surface area contributed by atoms with Gasteiger partial charge in [0.1, 0.15) is 5.75 Å². The molecule has 0 saturated carbocycles. The first-order valence-electron chi connectivity index (χ1n) is 5.16. The second-order valence-electron chi connectivity index (χ2n) is 3.54. The molecular formula is C11H14N2O3. The van der Waals surface area contributed by atoms with Crippen LogP contribution >= 0.6 is 0 Å². The molecule has 2 N–H and O–H groups in total. The van der Waals surface area contributed by atoms with Crippen LogP contribution in [0.1, 0.15) is 0 Å². The first-order valence-corrected chi connectivity index (χ1v) is 5.16. The zero-order valence-corrected chi connectivity index (χ0v) is 8.89. The molecule has 0 radical (unpaired) electrons. The standard InChI is InChI=1S/C11H14N2O3/c12-9-2-1-3-10(8-9)16-11(14)13-4-6-15-7-5-13/h1-3,8H,4-7,12H2. The fraction of sp³-hybridized carbons (Fsp3) is 0.364. The second-order valence-corrected chi connectivity index (χ2v) is 3.54. The van der Waals surface area contributed by atoms with Crippen LogP contribution in [0.5, 0.6) is 5.75 Å². The van der Waals surface area contributed by atoms with E-state index in [2.05, 4.69) is 0 Å². The smallest absolute Gasteiger partial charge is 0.410 e. The van der Waals surface area contributed by atoms with Crippen LogP contribution in [0.4, 0.5) is 10.5 Å². The molecule has 2 rings (SSSR count). The first kappa shape index (κ1) is 10.8. The van der Waals surface area contributed by atoms with Gasteiger partial charge in [-0.15, -0.1) is 0 Å². The van der Waals surface area contributed by atoms with Gasteiger partial charge in [0, 0.05) is 24.8 Å². The largest absolute Gasteiger partial charge is 0.415 e. The number of hydrogen-bond donors (Lipinski definition) is 1. The maximum Gasteiger partial charge on any atom is 0.415 e. The Morgan fingerprint density at radius 2 is 2.12 bits per heavy atom. The molecule has 16 heavy (non-hydrogen) atoms. The van der Waals surface area contributed by atoms with E-state index in [1.807, 2.05) is 0 Å². The number of nitrogens with zero attached hydrogens (tertiary/aromatic N) is 1. The third kappa shape index (κ3) is 2.64. The topological polar surface area (TPSA) is 64.8 Å². The van der Waals surface area contributed by atoms with Gasteiger partial charge in [-0.1, -0.05) is 6.07 Å². The van der Waals surface area contributed by atoms with E-state index in [1.54, 1.807) is 29.2 Å². The molecule has 1 aromatic carbocycles. The van der Waals surface area contributed by atoms with Crippen LogP contribution < -0.4 is 10.5 Å². The van der Waals surface area contributed by atoms with Gasteiger partial charge in [-0.3, -0.25) is 0 Å². The summed E-state index contributed by atoms with van der Waals surface area (Å²) in [6.45, 7) is 2.26. The molecule has 1 saturated heterocycles. The van der Waals surface area contributed by atoms with Gasteiger partial charge < -0.3 is 20.1 Å². The Morgan fingerprint density at radius 3 is 2.81 bits per heavy atom. The fourth-order valence-electron chi connectivity index (χ4n) is 1.49. The molecule has 0 bridgehead atoms. The highest BCUT2D eigenvalue weighted by molar-refractivity contribution is 5.71. The zero-order chi connectivity index (χ0) is 11.4. The van der Waals surface area contributed by atoms with Crippen molar-refractivity contribution < 1.29 is 14.3 Å². The fourth-order valence-corrected chi connectivity index (χ4v) is 1.49. The Labute approximate surface area is 93.7 Å². The Morgan fingerprint density at radius 1 is 1.38 bits per heavy atom. The van der Waals surface area contributed by atoms with E-state index in [1.165, 1.54) is 0 Å². The van der Waals surface area contributed by atoms with Crippen molar-refractivity contribution in [2.75, 3.05) is 32.0 Å². The van der Waals surface area contributed by atoms with Crippen LogP contribution in [-0.4, -0.2) is 37.3 Å². The van der Waals surface area contributed by atoms with Crippen LogP contribution in [0.25, 0.3) is 0 Å². The normalized spacial score (nSPS) is 15.9. The van der Waals surface area contributed by atoms with Gasteiger partial charge >= 0.3 is 6.09 Å². The maximum atomic E-state index is 11.7. The van der Waals surface area contributed by atoms with Gasteiger partial charge in [0.05, 0.1) is 13.2 Å². The number of benzene rings is 1. The molecule has 1 amide bonds. The number of rotatable bonds is 1. The first-order chi connectivity index (χ1) is 7.75. The van der Waals surface area contributed by atoms with Gasteiger partial charge in [-0.05, 0) is 12.1 Å². The van der Waals surface area contributed by atoms with Crippen LogP contribution in [0.15, 0.2) is 24.3 Å². The third-order valence-corrected chi connectivity index (χ3v) is 2.33. The van der Waals surface area contributed by atoms with Crippen molar-refractivity contribution >= 4 is 11.8 Å². The van der Waals surface area contributed by atoms with Gasteiger partial charge in [0.2, 0.25) is 0 Å². The average Bonchev–Trinajstić information content (AvgIpc) is 2.30. The molecule has 0 aliphatic carbocycles. The lowest BCUT2D eigenvalue weighted by molar-refractivity contribution is 0.0416. The predicted octanol–water partition coefficient (Wildman–Crippen LogP) is 1.10. The Bertz CT molecular complexity index is 375. The van der Waals surface area contributed by atoms with Crippen molar-refractivity contribution in [3.05, 3.63) is 24.3 Å². The summed E-state index contributed by atoms with van der Waals surface area (Å²) in [4.78, 5) is 13.3. The Hall–Kier alpha value is -1.75. The lowest BCUT2D eigenvalue weighted by Gasteiger charge is -2.25. The average molecular weight is 222 g/mol. The number of hydrogen-bond acceptors (Lipinski definition) is 4. The summed E-state index contributed by atoms with van der Waals surface area (Å²) in [6, 6.07) is 6.82. The summed E-state index contributed by atoms with van der Waals surface area (Å²) in [7, 11) is 0. The van der Waals surface area contributed by atoms with Crippen LogP contribution in [0, 0.1) is 0 Å².